The van der Waals surface area contributed by atoms with E-state index in [0.29, 0.717) is 6.42 Å². The highest BCUT2D eigenvalue weighted by Gasteiger charge is 2.32. The van der Waals surface area contributed by atoms with Crippen molar-refractivity contribution in [2.75, 3.05) is 6.26 Å². The van der Waals surface area contributed by atoms with Gasteiger partial charge in [-0.3, -0.25) is 9.89 Å². The number of thiophene rings is 1. The molecule has 0 fully saturated rings. The minimum Gasteiger partial charge on any atom is -0.345 e. The second-order valence-corrected chi connectivity index (χ2v) is 7.63. The van der Waals surface area contributed by atoms with E-state index >= 15 is 0 Å². The SMILES string of the molecule is CSc1sc(-c2ccn[nH]2)c2c1C(=O)N[C@H](c1cccc(F)c1)C2. The molecule has 4 nitrogen and oxygen atoms in total. The van der Waals surface area contributed by atoms with Crippen LogP contribution in [0.5, 0.6) is 0 Å². The lowest BCUT2D eigenvalue weighted by Crippen LogP contribution is -2.35. The van der Waals surface area contributed by atoms with Gasteiger partial charge >= 0.3 is 0 Å². The lowest BCUT2D eigenvalue weighted by Gasteiger charge is -2.25. The topological polar surface area (TPSA) is 57.8 Å². The Kier molecular flexibility index (Phi) is 3.90. The summed E-state index contributed by atoms with van der Waals surface area (Å²) >= 11 is 3.16. The number of aromatic nitrogens is 2. The predicted octanol–water partition coefficient (Wildman–Crippen LogP) is 4.03. The first kappa shape index (κ1) is 15.4. The van der Waals surface area contributed by atoms with Gasteiger partial charge in [0.2, 0.25) is 0 Å². The second-order valence-electron chi connectivity index (χ2n) is 5.53. The van der Waals surface area contributed by atoms with Gasteiger partial charge in [0.15, 0.2) is 0 Å². The van der Waals surface area contributed by atoms with Gasteiger partial charge in [0.25, 0.3) is 5.91 Å². The number of thioether (sulfide) groups is 1. The maximum atomic E-state index is 13.5. The van der Waals surface area contributed by atoms with Gasteiger partial charge in [-0.15, -0.1) is 23.1 Å². The van der Waals surface area contributed by atoms with E-state index in [1.165, 1.54) is 12.1 Å². The number of halogens is 1. The van der Waals surface area contributed by atoms with Crippen molar-refractivity contribution >= 4 is 29.0 Å². The van der Waals surface area contributed by atoms with Crippen molar-refractivity contribution in [2.45, 2.75) is 16.7 Å². The summed E-state index contributed by atoms with van der Waals surface area (Å²) < 4.78 is 14.5. The molecule has 3 heterocycles. The molecule has 7 heteroatoms. The number of fused-ring (bicyclic) bond motifs is 1. The molecule has 1 aliphatic rings. The van der Waals surface area contributed by atoms with Crippen LogP contribution in [0.1, 0.15) is 27.5 Å². The highest BCUT2D eigenvalue weighted by Crippen LogP contribution is 2.44. The Hall–Kier alpha value is -2.12. The largest absolute Gasteiger partial charge is 0.345 e. The van der Waals surface area contributed by atoms with E-state index in [1.807, 2.05) is 18.4 Å². The van der Waals surface area contributed by atoms with Gasteiger partial charge in [0, 0.05) is 6.20 Å². The number of benzene rings is 1. The predicted molar refractivity (Wildman–Crippen MR) is 94.0 cm³/mol. The monoisotopic (exact) mass is 359 g/mol. The van der Waals surface area contributed by atoms with E-state index in [-0.39, 0.29) is 17.8 Å². The molecule has 1 atom stereocenters. The average Bonchev–Trinajstić information content (AvgIpc) is 3.22. The fraction of sp³-hybridized carbons (Fsp3) is 0.176. The molecule has 122 valence electrons. The van der Waals surface area contributed by atoms with E-state index in [4.69, 9.17) is 0 Å². The maximum Gasteiger partial charge on any atom is 0.254 e. The number of rotatable bonds is 3. The minimum atomic E-state index is -0.295. The van der Waals surface area contributed by atoms with E-state index in [2.05, 4.69) is 15.5 Å². The number of nitrogens with zero attached hydrogens (tertiary/aromatic N) is 1. The van der Waals surface area contributed by atoms with Crippen LogP contribution in [0.2, 0.25) is 0 Å². The molecule has 0 saturated heterocycles. The summed E-state index contributed by atoms with van der Waals surface area (Å²) in [7, 11) is 0. The maximum absolute atomic E-state index is 13.5. The molecule has 0 saturated carbocycles. The summed E-state index contributed by atoms with van der Waals surface area (Å²) in [6.45, 7) is 0. The molecular weight excluding hydrogens is 345 g/mol. The lowest BCUT2D eigenvalue weighted by atomic mass is 9.92. The van der Waals surface area contributed by atoms with Crippen LogP contribution in [0.15, 0.2) is 40.7 Å². The van der Waals surface area contributed by atoms with Crippen molar-refractivity contribution in [3.8, 4) is 10.6 Å². The van der Waals surface area contributed by atoms with Gasteiger partial charge in [-0.05, 0) is 42.0 Å². The summed E-state index contributed by atoms with van der Waals surface area (Å²) in [5.41, 5.74) is 3.43. The molecule has 2 N–H and O–H groups in total. The number of carbonyl (C=O) groups is 1. The van der Waals surface area contributed by atoms with Crippen molar-refractivity contribution < 1.29 is 9.18 Å². The first-order valence-electron chi connectivity index (χ1n) is 7.43. The van der Waals surface area contributed by atoms with Crippen LogP contribution in [-0.2, 0) is 6.42 Å². The van der Waals surface area contributed by atoms with Gasteiger partial charge in [-0.1, -0.05) is 12.1 Å². The van der Waals surface area contributed by atoms with Crippen LogP contribution in [0, 0.1) is 5.82 Å². The average molecular weight is 359 g/mol. The summed E-state index contributed by atoms with van der Waals surface area (Å²) in [6.07, 6.45) is 4.30. The standard InChI is InChI=1S/C17H14FN3OS2/c1-23-17-14-11(15(24-17)12-5-6-19-21-12)8-13(20-16(14)22)9-3-2-4-10(18)7-9/h2-7,13H,8H2,1H3,(H,19,21)(H,20,22)/t13-/m0/s1. The highest BCUT2D eigenvalue weighted by atomic mass is 32.2. The summed E-state index contributed by atoms with van der Waals surface area (Å²) in [5, 5.41) is 10.0. The third kappa shape index (κ3) is 2.53. The van der Waals surface area contributed by atoms with Gasteiger partial charge in [-0.25, -0.2) is 4.39 Å². The fourth-order valence-corrected chi connectivity index (χ4v) is 5.06. The number of carbonyl (C=O) groups excluding carboxylic acids is 1. The van der Waals surface area contributed by atoms with E-state index in [0.717, 1.165) is 31.5 Å². The fourth-order valence-electron chi connectivity index (χ4n) is 3.02. The molecular formula is C17H14FN3OS2. The Bertz CT molecular complexity index is 905. The zero-order chi connectivity index (χ0) is 16.7. The van der Waals surface area contributed by atoms with Crippen LogP contribution in [0.4, 0.5) is 4.39 Å². The zero-order valence-electron chi connectivity index (χ0n) is 12.8. The Morgan fingerprint density at radius 2 is 2.25 bits per heavy atom. The van der Waals surface area contributed by atoms with Gasteiger partial charge in [-0.2, -0.15) is 5.10 Å². The quantitative estimate of drug-likeness (QED) is 0.694. The number of hydrogen-bond donors (Lipinski definition) is 2. The molecule has 1 amide bonds. The molecule has 0 radical (unpaired) electrons. The van der Waals surface area contributed by atoms with Crippen LogP contribution >= 0.6 is 23.1 Å². The molecule has 1 aromatic carbocycles. The van der Waals surface area contributed by atoms with Crippen LogP contribution < -0.4 is 5.32 Å². The van der Waals surface area contributed by atoms with Crippen molar-refractivity contribution in [2.24, 2.45) is 0 Å². The summed E-state index contributed by atoms with van der Waals surface area (Å²) in [5.74, 6) is -0.395. The van der Waals surface area contributed by atoms with Gasteiger partial charge in [0.05, 0.1) is 26.4 Å². The van der Waals surface area contributed by atoms with E-state index in [9.17, 15) is 9.18 Å². The Morgan fingerprint density at radius 1 is 1.38 bits per heavy atom. The number of hydrogen-bond acceptors (Lipinski definition) is 4. The third-order valence-electron chi connectivity index (χ3n) is 4.10. The molecule has 1 aliphatic heterocycles. The highest BCUT2D eigenvalue weighted by molar-refractivity contribution is 8.00. The Balaban J connectivity index is 1.81. The zero-order valence-corrected chi connectivity index (χ0v) is 14.4. The molecule has 4 rings (SSSR count). The molecule has 24 heavy (non-hydrogen) atoms. The van der Waals surface area contributed by atoms with Crippen LogP contribution in [-0.4, -0.2) is 22.4 Å². The Morgan fingerprint density at radius 3 is 2.96 bits per heavy atom. The third-order valence-corrected chi connectivity index (χ3v) is 6.48. The van der Waals surface area contributed by atoms with Crippen molar-refractivity contribution in [1.82, 2.24) is 15.5 Å². The van der Waals surface area contributed by atoms with E-state index in [1.54, 1.807) is 35.4 Å². The van der Waals surface area contributed by atoms with Crippen molar-refractivity contribution in [3.05, 3.63) is 59.0 Å². The van der Waals surface area contributed by atoms with Crippen molar-refractivity contribution in [3.63, 3.8) is 0 Å². The second kappa shape index (κ2) is 6.07. The van der Waals surface area contributed by atoms with E-state index < -0.39 is 0 Å². The summed E-state index contributed by atoms with van der Waals surface area (Å²) in [4.78, 5) is 13.7. The molecule has 0 bridgehead atoms. The first-order chi connectivity index (χ1) is 11.7. The molecule has 0 spiro atoms. The van der Waals surface area contributed by atoms with Crippen molar-refractivity contribution in [1.29, 1.82) is 0 Å². The number of H-pyrrole nitrogens is 1. The lowest BCUT2D eigenvalue weighted by molar-refractivity contribution is 0.0923. The number of nitrogens with one attached hydrogen (secondary N) is 2. The Labute approximate surface area is 146 Å². The van der Waals surface area contributed by atoms with Gasteiger partial charge in [0.1, 0.15) is 5.82 Å². The molecule has 0 unspecified atom stereocenters. The number of amides is 1. The smallest absolute Gasteiger partial charge is 0.254 e. The number of aromatic amines is 1. The van der Waals surface area contributed by atoms with Crippen LogP contribution in [0.3, 0.4) is 0 Å². The van der Waals surface area contributed by atoms with Crippen LogP contribution in [0.25, 0.3) is 10.6 Å². The first-order valence-corrected chi connectivity index (χ1v) is 9.47. The van der Waals surface area contributed by atoms with Gasteiger partial charge < -0.3 is 5.32 Å². The minimum absolute atomic E-state index is 0.100. The molecule has 2 aromatic heterocycles. The summed E-state index contributed by atoms with van der Waals surface area (Å²) in [6, 6.07) is 8.08. The molecule has 3 aromatic rings. The normalized spacial score (nSPS) is 16.8. The molecule has 0 aliphatic carbocycles.